The van der Waals surface area contributed by atoms with Crippen molar-refractivity contribution >= 4 is 18.1 Å². The van der Waals surface area contributed by atoms with Crippen molar-refractivity contribution in [2.24, 2.45) is 10.9 Å². The average Bonchev–Trinajstić information content (AvgIpc) is 2.72. The summed E-state index contributed by atoms with van der Waals surface area (Å²) in [5.74, 6) is -2.19. The van der Waals surface area contributed by atoms with E-state index in [0.29, 0.717) is 13.0 Å². The summed E-state index contributed by atoms with van der Waals surface area (Å²) in [6, 6.07) is 3.96. The first-order chi connectivity index (χ1) is 13.8. The SMILES string of the molecule is C/C=N\C(Oc1ccc(F)c(C23COCCC2C(=O)N(C)C(=N)N3)c1)=C(\F)CC. The van der Waals surface area contributed by atoms with Gasteiger partial charge in [0.25, 0.3) is 5.88 Å². The van der Waals surface area contributed by atoms with Crippen LogP contribution in [0.15, 0.2) is 34.9 Å². The van der Waals surface area contributed by atoms with E-state index in [4.69, 9.17) is 14.9 Å². The van der Waals surface area contributed by atoms with Gasteiger partial charge in [0.1, 0.15) is 17.1 Å². The smallest absolute Gasteiger partial charge is 0.251 e. The van der Waals surface area contributed by atoms with E-state index in [1.54, 1.807) is 13.8 Å². The molecular formula is C20H24F2N4O3. The second-order valence-corrected chi connectivity index (χ2v) is 6.93. The number of halogens is 2. The third-order valence-corrected chi connectivity index (χ3v) is 5.20. The summed E-state index contributed by atoms with van der Waals surface area (Å²) in [5, 5.41) is 11.1. The van der Waals surface area contributed by atoms with Crippen molar-refractivity contribution in [2.45, 2.75) is 32.2 Å². The second kappa shape index (κ2) is 8.28. The number of allylic oxidation sites excluding steroid dienone is 1. The van der Waals surface area contributed by atoms with Crippen LogP contribution in [-0.2, 0) is 15.1 Å². The maximum Gasteiger partial charge on any atom is 0.251 e. The minimum atomic E-state index is -1.25. The van der Waals surface area contributed by atoms with Gasteiger partial charge in [0.2, 0.25) is 5.91 Å². The van der Waals surface area contributed by atoms with E-state index in [0.717, 1.165) is 0 Å². The lowest BCUT2D eigenvalue weighted by Gasteiger charge is -2.49. The van der Waals surface area contributed by atoms with Crippen LogP contribution in [0.5, 0.6) is 5.75 Å². The number of nitrogens with one attached hydrogen (secondary N) is 2. The van der Waals surface area contributed by atoms with Gasteiger partial charge in [-0.1, -0.05) is 6.92 Å². The van der Waals surface area contributed by atoms with Gasteiger partial charge in [0.15, 0.2) is 11.8 Å². The van der Waals surface area contributed by atoms with Crippen molar-refractivity contribution in [1.82, 2.24) is 10.2 Å². The molecule has 0 aliphatic carbocycles. The highest BCUT2D eigenvalue weighted by molar-refractivity contribution is 6.00. The van der Waals surface area contributed by atoms with Crippen molar-refractivity contribution in [3.8, 4) is 5.75 Å². The fourth-order valence-corrected chi connectivity index (χ4v) is 3.65. The van der Waals surface area contributed by atoms with Crippen molar-refractivity contribution in [3.05, 3.63) is 41.3 Å². The molecule has 2 atom stereocenters. The van der Waals surface area contributed by atoms with Crippen LogP contribution in [0.25, 0.3) is 0 Å². The normalized spacial score (nSPS) is 25.6. The molecule has 2 unspecified atom stereocenters. The molecule has 0 spiro atoms. The monoisotopic (exact) mass is 406 g/mol. The minimum absolute atomic E-state index is 0.0130. The molecule has 0 bridgehead atoms. The van der Waals surface area contributed by atoms with Crippen molar-refractivity contribution in [1.29, 1.82) is 5.41 Å². The molecular weight excluding hydrogens is 382 g/mol. The first-order valence-corrected chi connectivity index (χ1v) is 9.41. The Morgan fingerprint density at radius 2 is 2.31 bits per heavy atom. The number of carbonyl (C=O) groups excluding carboxylic acids is 1. The molecule has 9 heteroatoms. The highest BCUT2D eigenvalue weighted by Crippen LogP contribution is 2.41. The van der Waals surface area contributed by atoms with Crippen LogP contribution in [0.1, 0.15) is 32.3 Å². The molecule has 0 radical (unpaired) electrons. The molecule has 2 aliphatic rings. The number of ether oxygens (including phenoxy) is 2. The molecule has 1 aromatic rings. The number of benzene rings is 1. The van der Waals surface area contributed by atoms with Crippen LogP contribution in [0, 0.1) is 17.1 Å². The second-order valence-electron chi connectivity index (χ2n) is 6.93. The summed E-state index contributed by atoms with van der Waals surface area (Å²) in [6.45, 7) is 3.63. The van der Waals surface area contributed by atoms with Crippen molar-refractivity contribution in [3.63, 3.8) is 0 Å². The molecule has 7 nitrogen and oxygen atoms in total. The Hall–Kier alpha value is -2.81. The summed E-state index contributed by atoms with van der Waals surface area (Å²) < 4.78 is 40.1. The van der Waals surface area contributed by atoms with E-state index in [-0.39, 0.29) is 42.1 Å². The van der Waals surface area contributed by atoms with Crippen LogP contribution < -0.4 is 10.1 Å². The van der Waals surface area contributed by atoms with E-state index < -0.39 is 23.1 Å². The molecule has 2 fully saturated rings. The molecule has 3 rings (SSSR count). The number of hydrogen-bond acceptors (Lipinski definition) is 5. The summed E-state index contributed by atoms with van der Waals surface area (Å²) in [4.78, 5) is 17.9. The van der Waals surface area contributed by atoms with E-state index in [1.807, 2.05) is 0 Å². The van der Waals surface area contributed by atoms with Crippen LogP contribution in [0.4, 0.5) is 8.78 Å². The lowest BCUT2D eigenvalue weighted by molar-refractivity contribution is -0.143. The van der Waals surface area contributed by atoms with Crippen molar-refractivity contribution in [2.75, 3.05) is 20.3 Å². The molecule has 2 aliphatic heterocycles. The van der Waals surface area contributed by atoms with Gasteiger partial charge < -0.3 is 14.8 Å². The van der Waals surface area contributed by atoms with Gasteiger partial charge in [-0.15, -0.1) is 0 Å². The Balaban J connectivity index is 2.06. The Bertz CT molecular complexity index is 886. The number of amides is 1. The van der Waals surface area contributed by atoms with E-state index in [1.165, 1.54) is 36.4 Å². The first kappa shape index (κ1) is 20.9. The quantitative estimate of drug-likeness (QED) is 0.581. The maximum atomic E-state index is 14.9. The first-order valence-electron chi connectivity index (χ1n) is 9.41. The Labute approximate surface area is 167 Å². The van der Waals surface area contributed by atoms with Crippen LogP contribution in [-0.4, -0.2) is 43.2 Å². The topological polar surface area (TPSA) is 87.0 Å². The number of aliphatic imine (C=N–C) groups is 1. The Morgan fingerprint density at radius 3 is 3.00 bits per heavy atom. The number of guanidine groups is 1. The van der Waals surface area contributed by atoms with Crippen molar-refractivity contribution < 1.29 is 23.0 Å². The molecule has 156 valence electrons. The maximum absolute atomic E-state index is 14.9. The van der Waals surface area contributed by atoms with Crippen LogP contribution in [0.3, 0.4) is 0 Å². The zero-order valence-electron chi connectivity index (χ0n) is 16.6. The Morgan fingerprint density at radius 1 is 1.55 bits per heavy atom. The predicted molar refractivity (Wildman–Crippen MR) is 104 cm³/mol. The summed E-state index contributed by atoms with van der Waals surface area (Å²) >= 11 is 0. The summed E-state index contributed by atoms with van der Waals surface area (Å²) in [6.07, 6.45) is 1.88. The van der Waals surface area contributed by atoms with Gasteiger partial charge in [-0.2, -0.15) is 0 Å². The molecule has 29 heavy (non-hydrogen) atoms. The number of fused-ring (bicyclic) bond motifs is 1. The predicted octanol–water partition coefficient (Wildman–Crippen LogP) is 3.07. The largest absolute Gasteiger partial charge is 0.437 e. The zero-order valence-corrected chi connectivity index (χ0v) is 16.6. The average molecular weight is 406 g/mol. The van der Waals surface area contributed by atoms with Gasteiger partial charge in [0.05, 0.1) is 12.5 Å². The van der Waals surface area contributed by atoms with Gasteiger partial charge in [-0.3, -0.25) is 15.1 Å². The zero-order chi connectivity index (χ0) is 21.2. The number of carbonyl (C=O) groups is 1. The standard InChI is InChI=1S/C20H24F2N4O3/c1-4-15(21)17(24-5-2)29-12-6-7-16(22)14(10-12)20-11-28-9-8-13(20)18(27)26(3)19(23)25-20/h5-7,10,13H,4,8-9,11H2,1-3H3,(H2,23,25)/b17-15-,24-5-. The third-order valence-electron chi connectivity index (χ3n) is 5.20. The van der Waals surface area contributed by atoms with Gasteiger partial charge >= 0.3 is 0 Å². The number of rotatable bonds is 5. The highest BCUT2D eigenvalue weighted by atomic mass is 19.1. The molecule has 2 N–H and O–H groups in total. The van der Waals surface area contributed by atoms with Gasteiger partial charge in [-0.25, -0.2) is 13.8 Å². The number of hydrogen-bond donors (Lipinski definition) is 2. The fraction of sp³-hybridized carbons (Fsp3) is 0.450. The van der Waals surface area contributed by atoms with Crippen LogP contribution >= 0.6 is 0 Å². The lowest BCUT2D eigenvalue weighted by Crippen LogP contribution is -2.68. The van der Waals surface area contributed by atoms with Gasteiger partial charge in [0, 0.05) is 31.9 Å². The lowest BCUT2D eigenvalue weighted by atomic mass is 9.73. The van der Waals surface area contributed by atoms with Gasteiger partial charge in [-0.05, 0) is 31.5 Å². The van der Waals surface area contributed by atoms with E-state index in [2.05, 4.69) is 10.3 Å². The summed E-state index contributed by atoms with van der Waals surface area (Å²) in [7, 11) is 1.50. The van der Waals surface area contributed by atoms with E-state index in [9.17, 15) is 13.6 Å². The molecule has 0 saturated carbocycles. The minimum Gasteiger partial charge on any atom is -0.437 e. The summed E-state index contributed by atoms with van der Waals surface area (Å²) in [5.41, 5.74) is -1.12. The molecule has 0 aromatic heterocycles. The molecule has 2 heterocycles. The Kier molecular flexibility index (Phi) is 5.97. The van der Waals surface area contributed by atoms with Crippen LogP contribution in [0.2, 0.25) is 0 Å². The van der Waals surface area contributed by atoms with E-state index >= 15 is 0 Å². The molecule has 2 saturated heterocycles. The number of nitrogens with zero attached hydrogens (tertiary/aromatic N) is 2. The molecule has 1 aromatic carbocycles. The third kappa shape index (κ3) is 3.74. The highest BCUT2D eigenvalue weighted by Gasteiger charge is 2.53. The fourth-order valence-electron chi connectivity index (χ4n) is 3.65. The molecule has 1 amide bonds.